The van der Waals surface area contributed by atoms with Gasteiger partial charge in [-0.05, 0) is 23.6 Å². The Morgan fingerprint density at radius 3 is 2.24 bits per heavy atom. The van der Waals surface area contributed by atoms with Crippen LogP contribution in [0.15, 0.2) is 72.8 Å². The Bertz CT molecular complexity index is 961. The predicted octanol–water partition coefficient (Wildman–Crippen LogP) is 3.87. The van der Waals surface area contributed by atoms with Crippen molar-refractivity contribution in [3.63, 3.8) is 0 Å². The van der Waals surface area contributed by atoms with E-state index in [0.29, 0.717) is 23.2 Å². The van der Waals surface area contributed by atoms with Crippen molar-refractivity contribution in [3.05, 3.63) is 95.1 Å². The lowest BCUT2D eigenvalue weighted by atomic mass is 9.99. The van der Waals surface area contributed by atoms with Gasteiger partial charge in [0, 0.05) is 28.8 Å². The topological polar surface area (TPSA) is 46.2 Å². The molecule has 0 saturated heterocycles. The minimum absolute atomic E-state index is 0.00969. The van der Waals surface area contributed by atoms with E-state index < -0.39 is 0 Å². The normalized spacial score (nSPS) is 11.8. The van der Waals surface area contributed by atoms with E-state index >= 15 is 0 Å². The van der Waals surface area contributed by atoms with Gasteiger partial charge in [-0.2, -0.15) is 0 Å². The van der Waals surface area contributed by atoms with Crippen LogP contribution in [0.5, 0.6) is 0 Å². The number of hydrogen-bond acceptors (Lipinski definition) is 2. The molecule has 0 heterocycles. The Morgan fingerprint density at radius 2 is 1.44 bits per heavy atom. The van der Waals surface area contributed by atoms with Gasteiger partial charge in [0.2, 0.25) is 0 Å². The smallest absolute Gasteiger partial charge is 0.251 e. The number of ketones is 1. The quantitative estimate of drug-likeness (QED) is 0.618. The van der Waals surface area contributed by atoms with Crippen LogP contribution in [0.3, 0.4) is 0 Å². The van der Waals surface area contributed by atoms with Gasteiger partial charge in [0.25, 0.3) is 5.91 Å². The van der Waals surface area contributed by atoms with Crippen LogP contribution in [0.2, 0.25) is 0 Å². The molecule has 122 valence electrons. The van der Waals surface area contributed by atoms with Crippen LogP contribution >= 0.6 is 0 Å². The van der Waals surface area contributed by atoms with E-state index in [-0.39, 0.29) is 11.7 Å². The molecule has 4 rings (SSSR count). The monoisotopic (exact) mass is 327 g/mol. The van der Waals surface area contributed by atoms with E-state index in [4.69, 9.17) is 0 Å². The van der Waals surface area contributed by atoms with Crippen LogP contribution in [-0.2, 0) is 6.42 Å². The molecule has 1 aliphatic rings. The first-order valence-corrected chi connectivity index (χ1v) is 8.35. The largest absolute Gasteiger partial charge is 0.352 e. The van der Waals surface area contributed by atoms with Gasteiger partial charge in [0.15, 0.2) is 5.78 Å². The van der Waals surface area contributed by atoms with E-state index in [1.54, 1.807) is 18.2 Å². The molecule has 0 spiro atoms. The summed E-state index contributed by atoms with van der Waals surface area (Å²) in [7, 11) is 0. The summed E-state index contributed by atoms with van der Waals surface area (Å²) in [6.45, 7) is 0.558. The number of nitrogens with one attached hydrogen (secondary N) is 1. The number of rotatable bonds is 4. The number of carbonyl (C=O) groups is 2. The van der Waals surface area contributed by atoms with E-state index in [1.807, 2.05) is 54.6 Å². The van der Waals surface area contributed by atoms with Crippen molar-refractivity contribution in [2.45, 2.75) is 6.42 Å². The average Bonchev–Trinajstić information content (AvgIpc) is 2.96. The molecule has 25 heavy (non-hydrogen) atoms. The third-order valence-corrected chi connectivity index (χ3v) is 4.54. The van der Waals surface area contributed by atoms with Crippen LogP contribution < -0.4 is 5.32 Å². The number of fused-ring (bicyclic) bond motifs is 3. The van der Waals surface area contributed by atoms with Crippen LogP contribution in [-0.4, -0.2) is 18.2 Å². The van der Waals surface area contributed by atoms with Crippen molar-refractivity contribution in [1.82, 2.24) is 5.32 Å². The highest BCUT2D eigenvalue weighted by Crippen LogP contribution is 2.38. The zero-order valence-electron chi connectivity index (χ0n) is 13.7. The molecule has 0 aliphatic heterocycles. The first-order valence-electron chi connectivity index (χ1n) is 8.35. The minimum atomic E-state index is -0.141. The first kappa shape index (κ1) is 15.3. The maximum absolute atomic E-state index is 12.7. The second-order valence-electron chi connectivity index (χ2n) is 6.09. The third-order valence-electron chi connectivity index (χ3n) is 4.54. The van der Waals surface area contributed by atoms with Crippen LogP contribution in [0.1, 0.15) is 31.8 Å². The molecule has 0 saturated carbocycles. The van der Waals surface area contributed by atoms with Gasteiger partial charge in [-0.25, -0.2) is 0 Å². The predicted molar refractivity (Wildman–Crippen MR) is 97.8 cm³/mol. The molecule has 1 amide bonds. The molecule has 3 aromatic rings. The van der Waals surface area contributed by atoms with E-state index in [0.717, 1.165) is 17.5 Å². The molecule has 0 bridgehead atoms. The summed E-state index contributed by atoms with van der Waals surface area (Å²) in [4.78, 5) is 25.2. The van der Waals surface area contributed by atoms with Gasteiger partial charge in [-0.3, -0.25) is 9.59 Å². The van der Waals surface area contributed by atoms with E-state index in [1.165, 1.54) is 5.56 Å². The molecule has 0 unspecified atom stereocenters. The van der Waals surface area contributed by atoms with Crippen molar-refractivity contribution >= 4 is 11.7 Å². The van der Waals surface area contributed by atoms with Gasteiger partial charge in [0.05, 0.1) is 0 Å². The number of carbonyl (C=O) groups excluding carboxylic acids is 2. The summed E-state index contributed by atoms with van der Waals surface area (Å²) in [6.07, 6.45) is 0.775. The highest BCUT2D eigenvalue weighted by atomic mass is 16.1. The minimum Gasteiger partial charge on any atom is -0.352 e. The molecular formula is C22H17NO2. The Balaban J connectivity index is 1.58. The SMILES string of the molecule is O=C(NCCc1ccccc1)c1cccc2c1-c1ccccc1C2=O. The summed E-state index contributed by atoms with van der Waals surface area (Å²) >= 11 is 0. The highest BCUT2D eigenvalue weighted by molar-refractivity contribution is 6.24. The summed E-state index contributed by atoms with van der Waals surface area (Å²) in [5.41, 5.74) is 4.61. The average molecular weight is 327 g/mol. The molecule has 1 N–H and O–H groups in total. The molecular weight excluding hydrogens is 310 g/mol. The fourth-order valence-corrected chi connectivity index (χ4v) is 3.33. The highest BCUT2D eigenvalue weighted by Gasteiger charge is 2.29. The van der Waals surface area contributed by atoms with Crippen LogP contribution in [0.4, 0.5) is 0 Å². The lowest BCUT2D eigenvalue weighted by Gasteiger charge is -2.10. The van der Waals surface area contributed by atoms with Gasteiger partial charge in [-0.15, -0.1) is 0 Å². The molecule has 0 radical (unpaired) electrons. The molecule has 0 aromatic heterocycles. The fourth-order valence-electron chi connectivity index (χ4n) is 3.33. The summed E-state index contributed by atoms with van der Waals surface area (Å²) in [5.74, 6) is -0.151. The van der Waals surface area contributed by atoms with Gasteiger partial charge < -0.3 is 5.32 Å². The Hall–Kier alpha value is -3.20. The molecule has 3 nitrogen and oxygen atoms in total. The third kappa shape index (κ3) is 2.74. The van der Waals surface area contributed by atoms with Crippen molar-refractivity contribution < 1.29 is 9.59 Å². The van der Waals surface area contributed by atoms with Crippen molar-refractivity contribution in [1.29, 1.82) is 0 Å². The Kier molecular flexibility index (Phi) is 3.90. The lowest BCUT2D eigenvalue weighted by molar-refractivity contribution is 0.0954. The lowest BCUT2D eigenvalue weighted by Crippen LogP contribution is -2.26. The van der Waals surface area contributed by atoms with E-state index in [9.17, 15) is 9.59 Å². The zero-order chi connectivity index (χ0) is 17.2. The maximum atomic E-state index is 12.7. The van der Waals surface area contributed by atoms with Crippen molar-refractivity contribution in [2.24, 2.45) is 0 Å². The maximum Gasteiger partial charge on any atom is 0.251 e. The van der Waals surface area contributed by atoms with Gasteiger partial charge in [-0.1, -0.05) is 66.7 Å². The number of hydrogen-bond donors (Lipinski definition) is 1. The number of benzene rings is 3. The number of amides is 1. The van der Waals surface area contributed by atoms with Gasteiger partial charge >= 0.3 is 0 Å². The van der Waals surface area contributed by atoms with Crippen molar-refractivity contribution in [3.8, 4) is 11.1 Å². The zero-order valence-corrected chi connectivity index (χ0v) is 13.7. The molecule has 1 aliphatic carbocycles. The molecule has 0 fully saturated rings. The van der Waals surface area contributed by atoms with Crippen molar-refractivity contribution in [2.75, 3.05) is 6.54 Å². The van der Waals surface area contributed by atoms with E-state index in [2.05, 4.69) is 5.32 Å². The Labute approximate surface area is 146 Å². The van der Waals surface area contributed by atoms with Gasteiger partial charge in [0.1, 0.15) is 0 Å². The summed E-state index contributed by atoms with van der Waals surface area (Å²) in [5, 5.41) is 2.97. The molecule has 3 aromatic carbocycles. The fraction of sp³-hybridized carbons (Fsp3) is 0.0909. The second kappa shape index (κ2) is 6.36. The molecule has 0 atom stereocenters. The second-order valence-corrected chi connectivity index (χ2v) is 6.09. The summed E-state index contributed by atoms with van der Waals surface area (Å²) < 4.78 is 0. The standard InChI is InChI=1S/C22H17NO2/c24-21-17-10-5-4-9-16(17)20-18(21)11-6-12-19(20)22(25)23-14-13-15-7-2-1-3-8-15/h1-12H,13-14H2,(H,23,25). The summed E-state index contributed by atoms with van der Waals surface area (Å²) in [6, 6.07) is 22.8. The van der Waals surface area contributed by atoms with Crippen LogP contribution in [0.25, 0.3) is 11.1 Å². The molecule has 3 heteroatoms. The first-order chi connectivity index (χ1) is 12.3. The Morgan fingerprint density at radius 1 is 0.760 bits per heavy atom. The van der Waals surface area contributed by atoms with Crippen LogP contribution in [0, 0.1) is 0 Å².